The number of rotatable bonds is 11. The Bertz CT molecular complexity index is 1140. The van der Waals surface area contributed by atoms with E-state index in [4.69, 9.17) is 25.5 Å². The van der Waals surface area contributed by atoms with E-state index in [1.165, 1.54) is 54.1 Å². The Morgan fingerprint density at radius 2 is 1.75 bits per heavy atom. The molecule has 2 heterocycles. The summed E-state index contributed by atoms with van der Waals surface area (Å²) in [5, 5.41) is 10.2. The van der Waals surface area contributed by atoms with E-state index in [9.17, 15) is 13.2 Å². The molecule has 13 heteroatoms. The summed E-state index contributed by atoms with van der Waals surface area (Å²) in [6.45, 7) is 0.847. The van der Waals surface area contributed by atoms with Gasteiger partial charge in [-0.1, -0.05) is 16.7 Å². The molecule has 0 aliphatic rings. The fraction of sp³-hybridized carbons (Fsp3) is 0.316. The molecule has 0 atom stereocenters. The van der Waals surface area contributed by atoms with Crippen LogP contribution in [0.2, 0.25) is 4.34 Å². The Labute approximate surface area is 194 Å². The molecule has 3 aromatic rings. The second-order valence-corrected chi connectivity index (χ2v) is 10.0. The smallest absolute Gasteiger partial charge is 0.322 e. The zero-order valence-corrected chi connectivity index (χ0v) is 19.7. The largest absolute Gasteiger partial charge is 0.402 e. The van der Waals surface area contributed by atoms with Crippen molar-refractivity contribution in [1.82, 2.24) is 14.5 Å². The lowest BCUT2D eigenvalue weighted by Gasteiger charge is -2.21. The first kappa shape index (κ1) is 24.3. The van der Waals surface area contributed by atoms with E-state index >= 15 is 0 Å². The van der Waals surface area contributed by atoms with Crippen LogP contribution in [0.15, 0.2) is 45.7 Å². The molecule has 0 saturated carbocycles. The van der Waals surface area contributed by atoms with Crippen LogP contribution >= 0.6 is 22.9 Å². The molecule has 0 unspecified atom stereocenters. The minimum atomic E-state index is -3.78. The van der Waals surface area contributed by atoms with Crippen LogP contribution in [0.5, 0.6) is 0 Å². The molecular formula is C19H21ClN4O6S2. The number of methoxy groups -OCH3 is 2. The van der Waals surface area contributed by atoms with Gasteiger partial charge in [0, 0.05) is 32.9 Å². The second-order valence-electron chi connectivity index (χ2n) is 6.38. The lowest BCUT2D eigenvalue weighted by molar-refractivity contribution is 0.102. The van der Waals surface area contributed by atoms with E-state index in [0.717, 1.165) is 0 Å². The van der Waals surface area contributed by atoms with Gasteiger partial charge >= 0.3 is 6.01 Å². The predicted octanol–water partition coefficient (Wildman–Crippen LogP) is 2.99. The van der Waals surface area contributed by atoms with Crippen molar-refractivity contribution >= 4 is 44.9 Å². The van der Waals surface area contributed by atoms with E-state index in [-0.39, 0.29) is 48.7 Å². The predicted molar refractivity (Wildman–Crippen MR) is 120 cm³/mol. The van der Waals surface area contributed by atoms with Crippen LogP contribution in [-0.2, 0) is 19.5 Å². The van der Waals surface area contributed by atoms with E-state index in [1.807, 2.05) is 0 Å². The van der Waals surface area contributed by atoms with Crippen LogP contribution in [-0.4, -0.2) is 69.4 Å². The molecule has 0 aliphatic carbocycles. The van der Waals surface area contributed by atoms with Crippen molar-refractivity contribution < 1.29 is 27.1 Å². The van der Waals surface area contributed by atoms with Crippen molar-refractivity contribution in [1.29, 1.82) is 0 Å². The van der Waals surface area contributed by atoms with Gasteiger partial charge in [0.2, 0.25) is 10.0 Å². The number of thiophene rings is 1. The van der Waals surface area contributed by atoms with E-state index in [0.29, 0.717) is 9.21 Å². The number of amides is 1. The van der Waals surface area contributed by atoms with Gasteiger partial charge in [-0.15, -0.1) is 16.4 Å². The number of carbonyl (C=O) groups excluding carboxylic acids is 1. The maximum absolute atomic E-state index is 12.9. The molecule has 0 fully saturated rings. The summed E-state index contributed by atoms with van der Waals surface area (Å²) in [6.07, 6.45) is 0. The van der Waals surface area contributed by atoms with Crippen LogP contribution in [0.4, 0.5) is 6.01 Å². The number of anilines is 1. The molecule has 0 bridgehead atoms. The van der Waals surface area contributed by atoms with Gasteiger partial charge in [-0.3, -0.25) is 10.1 Å². The van der Waals surface area contributed by atoms with Gasteiger partial charge < -0.3 is 13.9 Å². The van der Waals surface area contributed by atoms with Crippen molar-refractivity contribution in [2.45, 2.75) is 4.90 Å². The number of nitrogens with one attached hydrogen (secondary N) is 1. The molecule has 3 rings (SSSR count). The molecule has 2 aromatic heterocycles. The van der Waals surface area contributed by atoms with Crippen LogP contribution in [0.1, 0.15) is 10.4 Å². The summed E-state index contributed by atoms with van der Waals surface area (Å²) < 4.78 is 43.1. The molecule has 0 aliphatic heterocycles. The quantitative estimate of drug-likeness (QED) is 0.426. The summed E-state index contributed by atoms with van der Waals surface area (Å²) in [4.78, 5) is 13.2. The monoisotopic (exact) mass is 500 g/mol. The summed E-state index contributed by atoms with van der Waals surface area (Å²) in [7, 11) is -0.788. The van der Waals surface area contributed by atoms with Crippen LogP contribution in [0, 0.1) is 0 Å². The molecule has 1 aromatic carbocycles. The SMILES string of the molecule is COCCN(CCOC)S(=O)(=O)c1ccc(C(=O)Nc2nnc(-c3ccc(Cl)s3)o2)cc1. The third kappa shape index (κ3) is 5.91. The van der Waals surface area contributed by atoms with Crippen molar-refractivity contribution in [3.05, 3.63) is 46.3 Å². The van der Waals surface area contributed by atoms with Crippen molar-refractivity contribution in [3.8, 4) is 10.8 Å². The minimum absolute atomic E-state index is 0.0518. The highest BCUT2D eigenvalue weighted by atomic mass is 35.5. The second kappa shape index (κ2) is 11.0. The number of benzene rings is 1. The lowest BCUT2D eigenvalue weighted by atomic mass is 10.2. The topological polar surface area (TPSA) is 124 Å². The number of hydrogen-bond donors (Lipinski definition) is 1. The van der Waals surface area contributed by atoms with Gasteiger partial charge in [-0.05, 0) is 36.4 Å². The Hall–Kier alpha value is -2.35. The number of halogens is 1. The van der Waals surface area contributed by atoms with Crippen LogP contribution in [0.25, 0.3) is 10.8 Å². The van der Waals surface area contributed by atoms with Crippen molar-refractivity contribution in [2.24, 2.45) is 0 Å². The number of sulfonamides is 1. The van der Waals surface area contributed by atoms with Gasteiger partial charge in [0.15, 0.2) is 0 Å². The van der Waals surface area contributed by atoms with Gasteiger partial charge in [-0.25, -0.2) is 8.42 Å². The normalized spacial score (nSPS) is 11.8. The Balaban J connectivity index is 1.70. The molecule has 10 nitrogen and oxygen atoms in total. The van der Waals surface area contributed by atoms with Gasteiger partial charge in [0.1, 0.15) is 0 Å². The average Bonchev–Trinajstić information content (AvgIpc) is 3.42. The number of nitrogens with zero attached hydrogens (tertiary/aromatic N) is 3. The van der Waals surface area contributed by atoms with E-state index in [2.05, 4.69) is 15.5 Å². The number of hydrogen-bond acceptors (Lipinski definition) is 9. The Morgan fingerprint density at radius 3 is 2.31 bits per heavy atom. The molecule has 1 N–H and O–H groups in total. The fourth-order valence-electron chi connectivity index (χ4n) is 2.64. The number of carbonyl (C=O) groups is 1. The van der Waals surface area contributed by atoms with Gasteiger partial charge in [0.25, 0.3) is 11.8 Å². The zero-order chi connectivity index (χ0) is 23.1. The molecule has 0 spiro atoms. The van der Waals surface area contributed by atoms with Crippen molar-refractivity contribution in [2.75, 3.05) is 45.8 Å². The molecule has 1 amide bonds. The number of aromatic nitrogens is 2. The van der Waals surface area contributed by atoms with E-state index < -0.39 is 15.9 Å². The zero-order valence-electron chi connectivity index (χ0n) is 17.3. The average molecular weight is 501 g/mol. The van der Waals surface area contributed by atoms with Gasteiger partial charge in [0.05, 0.1) is 27.3 Å². The fourth-order valence-corrected chi connectivity index (χ4v) is 5.01. The van der Waals surface area contributed by atoms with Gasteiger partial charge in [-0.2, -0.15) is 4.31 Å². The first-order chi connectivity index (χ1) is 15.3. The standard InChI is InChI=1S/C19H21ClN4O6S2/c1-28-11-9-24(10-12-29-2)32(26,27)14-5-3-13(4-6-14)17(25)21-19-23-22-18(30-19)15-7-8-16(20)31-15/h3-8H,9-12H2,1-2H3,(H,21,23,25). The minimum Gasteiger partial charge on any atom is -0.402 e. The molecule has 32 heavy (non-hydrogen) atoms. The van der Waals surface area contributed by atoms with Crippen LogP contribution in [0.3, 0.4) is 0 Å². The maximum Gasteiger partial charge on any atom is 0.322 e. The molecule has 0 saturated heterocycles. The first-order valence-corrected chi connectivity index (χ1v) is 12.0. The van der Waals surface area contributed by atoms with Crippen LogP contribution < -0.4 is 5.32 Å². The number of ether oxygens (including phenoxy) is 2. The Kier molecular flexibility index (Phi) is 8.34. The third-order valence-electron chi connectivity index (χ3n) is 4.27. The summed E-state index contributed by atoms with van der Waals surface area (Å²) >= 11 is 7.16. The highest BCUT2D eigenvalue weighted by Crippen LogP contribution is 2.30. The molecular weight excluding hydrogens is 480 g/mol. The van der Waals surface area contributed by atoms with E-state index in [1.54, 1.807) is 12.1 Å². The van der Waals surface area contributed by atoms with Crippen molar-refractivity contribution in [3.63, 3.8) is 0 Å². The Morgan fingerprint density at radius 1 is 1.09 bits per heavy atom. The summed E-state index contributed by atoms with van der Waals surface area (Å²) in [5.74, 6) is -0.296. The highest BCUT2D eigenvalue weighted by molar-refractivity contribution is 7.89. The molecule has 172 valence electrons. The maximum atomic E-state index is 12.9. The summed E-state index contributed by atoms with van der Waals surface area (Å²) in [5.41, 5.74) is 0.225. The first-order valence-electron chi connectivity index (χ1n) is 9.34. The summed E-state index contributed by atoms with van der Waals surface area (Å²) in [6, 6.07) is 8.89. The molecule has 0 radical (unpaired) electrons. The lowest BCUT2D eigenvalue weighted by Crippen LogP contribution is -2.36. The third-order valence-corrected chi connectivity index (χ3v) is 7.41. The highest BCUT2D eigenvalue weighted by Gasteiger charge is 2.24.